The number of nitrogens with zero attached hydrogens (tertiary/aromatic N) is 1. The van der Waals surface area contributed by atoms with E-state index in [2.05, 4.69) is 70.9 Å². The fraction of sp³-hybridized carbons (Fsp3) is 0.368. The van der Waals surface area contributed by atoms with Crippen molar-refractivity contribution in [1.82, 2.24) is 10.2 Å². The summed E-state index contributed by atoms with van der Waals surface area (Å²) in [4.78, 5) is 2.58. The van der Waals surface area contributed by atoms with Gasteiger partial charge in [-0.1, -0.05) is 60.7 Å². The Kier molecular flexibility index (Phi) is 5.03. The van der Waals surface area contributed by atoms with Crippen LogP contribution in [0.3, 0.4) is 0 Å². The fourth-order valence-electron chi connectivity index (χ4n) is 2.99. The van der Waals surface area contributed by atoms with Crippen LogP contribution in [0.15, 0.2) is 60.7 Å². The highest BCUT2D eigenvalue weighted by atomic mass is 15.2. The second kappa shape index (κ2) is 7.39. The maximum Gasteiger partial charge on any atom is 0.0210 e. The highest BCUT2D eigenvalue weighted by Gasteiger charge is 2.21. The minimum absolute atomic E-state index is 0.640. The third-order valence-corrected chi connectivity index (χ3v) is 4.27. The van der Waals surface area contributed by atoms with Crippen LogP contribution in [0.25, 0.3) is 0 Å². The quantitative estimate of drug-likeness (QED) is 0.875. The average Bonchev–Trinajstić information content (AvgIpc) is 3.01. The van der Waals surface area contributed by atoms with Crippen molar-refractivity contribution >= 4 is 0 Å². The molecule has 0 bridgehead atoms. The van der Waals surface area contributed by atoms with Gasteiger partial charge in [-0.3, -0.25) is 0 Å². The van der Waals surface area contributed by atoms with Gasteiger partial charge in [-0.05, 0) is 30.5 Å². The molecule has 1 atom stereocenters. The van der Waals surface area contributed by atoms with Gasteiger partial charge in [0.05, 0.1) is 0 Å². The molecule has 21 heavy (non-hydrogen) atoms. The molecule has 2 heteroatoms. The molecule has 0 aliphatic carbocycles. The summed E-state index contributed by atoms with van der Waals surface area (Å²) in [6.07, 6.45) is 2.42. The van der Waals surface area contributed by atoms with Crippen molar-refractivity contribution in [2.75, 3.05) is 19.6 Å². The molecule has 0 spiro atoms. The number of nitrogens with one attached hydrogen (secondary N) is 1. The number of rotatable bonds is 6. The summed E-state index contributed by atoms with van der Waals surface area (Å²) in [6, 6.07) is 22.1. The number of hydrogen-bond acceptors (Lipinski definition) is 2. The molecule has 1 N–H and O–H groups in total. The molecule has 2 nitrogen and oxygen atoms in total. The van der Waals surface area contributed by atoms with Crippen LogP contribution in [-0.2, 0) is 13.0 Å². The molecule has 2 aromatic carbocycles. The smallest absolute Gasteiger partial charge is 0.0210 e. The molecule has 0 radical (unpaired) electrons. The normalized spacial score (nSPS) is 19.0. The van der Waals surface area contributed by atoms with Crippen LogP contribution >= 0.6 is 0 Å². The van der Waals surface area contributed by atoms with Gasteiger partial charge in [0.1, 0.15) is 0 Å². The topological polar surface area (TPSA) is 15.3 Å². The lowest BCUT2D eigenvalue weighted by Gasteiger charge is -2.16. The molecule has 1 aliphatic heterocycles. The van der Waals surface area contributed by atoms with Crippen molar-refractivity contribution < 1.29 is 0 Å². The maximum absolute atomic E-state index is 3.68. The van der Waals surface area contributed by atoms with Gasteiger partial charge in [0.2, 0.25) is 0 Å². The predicted molar refractivity (Wildman–Crippen MR) is 88.3 cm³/mol. The third-order valence-electron chi connectivity index (χ3n) is 4.27. The summed E-state index contributed by atoms with van der Waals surface area (Å²) >= 11 is 0. The molecule has 0 unspecified atom stereocenters. The lowest BCUT2D eigenvalue weighted by Crippen LogP contribution is -2.32. The Morgan fingerprint density at radius 3 is 2.29 bits per heavy atom. The molecule has 3 rings (SSSR count). The van der Waals surface area contributed by atoms with Gasteiger partial charge in [0, 0.05) is 25.7 Å². The maximum atomic E-state index is 3.68. The SMILES string of the molecule is c1ccc(CCN2CC[C@H](NCc3ccccc3)C2)cc1. The average molecular weight is 280 g/mol. The Morgan fingerprint density at radius 1 is 0.905 bits per heavy atom. The van der Waals surface area contributed by atoms with Gasteiger partial charge in [-0.15, -0.1) is 0 Å². The Balaban J connectivity index is 1.39. The first-order chi connectivity index (χ1) is 10.4. The third kappa shape index (κ3) is 4.42. The second-order valence-corrected chi connectivity index (χ2v) is 5.89. The minimum atomic E-state index is 0.640. The van der Waals surface area contributed by atoms with Crippen LogP contribution in [0.5, 0.6) is 0 Å². The van der Waals surface area contributed by atoms with Gasteiger partial charge in [-0.25, -0.2) is 0 Å². The van der Waals surface area contributed by atoms with Gasteiger partial charge in [-0.2, -0.15) is 0 Å². The Bertz CT molecular complexity index is 474. The molecule has 1 saturated heterocycles. The molecule has 0 aromatic heterocycles. The number of likely N-dealkylation sites (tertiary alicyclic amines) is 1. The summed E-state index contributed by atoms with van der Waals surface area (Å²) in [7, 11) is 0. The van der Waals surface area contributed by atoms with Crippen molar-refractivity contribution in [3.63, 3.8) is 0 Å². The zero-order valence-corrected chi connectivity index (χ0v) is 12.5. The summed E-state index contributed by atoms with van der Waals surface area (Å²) in [6.45, 7) is 4.56. The van der Waals surface area contributed by atoms with Crippen LogP contribution in [-0.4, -0.2) is 30.6 Å². The van der Waals surface area contributed by atoms with Gasteiger partial charge in [0.25, 0.3) is 0 Å². The van der Waals surface area contributed by atoms with E-state index >= 15 is 0 Å². The molecule has 0 amide bonds. The Labute approximate surface area is 127 Å². The van der Waals surface area contributed by atoms with Crippen molar-refractivity contribution in [3.8, 4) is 0 Å². The van der Waals surface area contributed by atoms with E-state index in [1.165, 1.54) is 37.2 Å². The van der Waals surface area contributed by atoms with E-state index < -0.39 is 0 Å². The molecule has 1 heterocycles. The standard InChI is InChI=1S/C19H24N2/c1-3-7-17(8-4-1)11-13-21-14-12-19(16-21)20-15-18-9-5-2-6-10-18/h1-10,19-20H,11-16H2/t19-/m0/s1. The monoisotopic (exact) mass is 280 g/mol. The summed E-state index contributed by atoms with van der Waals surface area (Å²) in [5, 5.41) is 3.68. The van der Waals surface area contributed by atoms with Crippen molar-refractivity contribution in [3.05, 3.63) is 71.8 Å². The fourth-order valence-corrected chi connectivity index (χ4v) is 2.99. The van der Waals surface area contributed by atoms with Crippen LogP contribution in [0.1, 0.15) is 17.5 Å². The second-order valence-electron chi connectivity index (χ2n) is 5.89. The number of benzene rings is 2. The van der Waals surface area contributed by atoms with E-state index in [-0.39, 0.29) is 0 Å². The minimum Gasteiger partial charge on any atom is -0.309 e. The van der Waals surface area contributed by atoms with Crippen LogP contribution in [0.2, 0.25) is 0 Å². The molecule has 0 saturated carbocycles. The summed E-state index contributed by atoms with van der Waals surface area (Å²) in [5.41, 5.74) is 2.82. The van der Waals surface area contributed by atoms with E-state index in [4.69, 9.17) is 0 Å². The molecule has 1 aliphatic rings. The largest absolute Gasteiger partial charge is 0.309 e. The summed E-state index contributed by atoms with van der Waals surface area (Å²) in [5.74, 6) is 0. The van der Waals surface area contributed by atoms with E-state index in [1.54, 1.807) is 0 Å². The molecular formula is C19H24N2. The zero-order chi connectivity index (χ0) is 14.3. The molecule has 2 aromatic rings. The van der Waals surface area contributed by atoms with Crippen molar-refractivity contribution in [1.29, 1.82) is 0 Å². The molecule has 110 valence electrons. The van der Waals surface area contributed by atoms with Gasteiger partial charge >= 0.3 is 0 Å². The van der Waals surface area contributed by atoms with E-state index in [0.29, 0.717) is 6.04 Å². The lowest BCUT2D eigenvalue weighted by molar-refractivity contribution is 0.331. The van der Waals surface area contributed by atoms with Gasteiger partial charge in [0.15, 0.2) is 0 Å². The highest BCUT2D eigenvalue weighted by molar-refractivity contribution is 5.15. The van der Waals surface area contributed by atoms with Crippen LogP contribution in [0.4, 0.5) is 0 Å². The van der Waals surface area contributed by atoms with Crippen molar-refractivity contribution in [2.45, 2.75) is 25.4 Å². The van der Waals surface area contributed by atoms with E-state index in [1.807, 2.05) is 0 Å². The zero-order valence-electron chi connectivity index (χ0n) is 12.5. The van der Waals surface area contributed by atoms with Gasteiger partial charge < -0.3 is 10.2 Å². The predicted octanol–water partition coefficient (Wildman–Crippen LogP) is 3.09. The molecule has 1 fully saturated rings. The number of hydrogen-bond donors (Lipinski definition) is 1. The highest BCUT2D eigenvalue weighted by Crippen LogP contribution is 2.11. The first-order valence-electron chi connectivity index (χ1n) is 7.94. The van der Waals surface area contributed by atoms with E-state index in [0.717, 1.165) is 13.0 Å². The van der Waals surface area contributed by atoms with Crippen LogP contribution < -0.4 is 5.32 Å². The first-order valence-corrected chi connectivity index (χ1v) is 7.94. The summed E-state index contributed by atoms with van der Waals surface area (Å²) < 4.78 is 0. The molecular weight excluding hydrogens is 256 g/mol. The Hall–Kier alpha value is -1.64. The first kappa shape index (κ1) is 14.3. The lowest BCUT2D eigenvalue weighted by atomic mass is 10.1. The van der Waals surface area contributed by atoms with E-state index in [9.17, 15) is 0 Å². The van der Waals surface area contributed by atoms with Crippen molar-refractivity contribution in [2.24, 2.45) is 0 Å². The Morgan fingerprint density at radius 2 is 1.57 bits per heavy atom. The van der Waals surface area contributed by atoms with Crippen LogP contribution in [0, 0.1) is 0 Å².